The fourth-order valence-corrected chi connectivity index (χ4v) is 1.62. The molecule has 1 rings (SSSR count). The van der Waals surface area contributed by atoms with E-state index < -0.39 is 6.10 Å². The highest BCUT2D eigenvalue weighted by molar-refractivity contribution is 5.44. The van der Waals surface area contributed by atoms with Crippen LogP contribution in [0.2, 0.25) is 0 Å². The fraction of sp³-hybridized carbons (Fsp3) is 0.500. The molecule has 0 aliphatic heterocycles. The van der Waals surface area contributed by atoms with Gasteiger partial charge < -0.3 is 19.7 Å². The molecule has 16 heavy (non-hydrogen) atoms. The zero-order chi connectivity index (χ0) is 12.1. The second-order valence-electron chi connectivity index (χ2n) is 3.73. The van der Waals surface area contributed by atoms with Crippen molar-refractivity contribution < 1.29 is 19.7 Å². The summed E-state index contributed by atoms with van der Waals surface area (Å²) in [6, 6.07) is 3.55. The van der Waals surface area contributed by atoms with E-state index in [1.807, 2.05) is 6.07 Å². The summed E-state index contributed by atoms with van der Waals surface area (Å²) in [4.78, 5) is 0. The van der Waals surface area contributed by atoms with Crippen molar-refractivity contribution in [2.75, 3.05) is 14.2 Å². The van der Waals surface area contributed by atoms with E-state index in [2.05, 4.69) is 0 Å². The van der Waals surface area contributed by atoms with Crippen LogP contribution in [0.4, 0.5) is 0 Å². The normalized spacial score (nSPS) is 12.8. The van der Waals surface area contributed by atoms with E-state index in [0.29, 0.717) is 24.3 Å². The van der Waals surface area contributed by atoms with E-state index in [4.69, 9.17) is 9.47 Å². The first-order valence-corrected chi connectivity index (χ1v) is 5.10. The summed E-state index contributed by atoms with van der Waals surface area (Å²) in [5.74, 6) is 0.0942. The number of aromatic hydroxyl groups is 1. The maximum atomic E-state index is 9.90. The molecule has 4 nitrogen and oxygen atoms in total. The Labute approximate surface area is 95.4 Å². The lowest BCUT2D eigenvalue weighted by molar-refractivity contribution is 0.172. The molecule has 1 aromatic rings. The van der Waals surface area contributed by atoms with Crippen molar-refractivity contribution >= 4 is 0 Å². The lowest BCUT2D eigenvalue weighted by atomic mass is 10.0. The summed E-state index contributed by atoms with van der Waals surface area (Å²) in [6.07, 6.45) is -0.715. The molecule has 0 aromatic heterocycles. The lowest BCUT2D eigenvalue weighted by Crippen LogP contribution is -2.00. The predicted octanol–water partition coefficient (Wildman–Crippen LogP) is 1.74. The molecule has 0 amide bonds. The molecule has 4 heteroatoms. The van der Waals surface area contributed by atoms with Crippen LogP contribution >= 0.6 is 0 Å². The molecular weight excluding hydrogens is 208 g/mol. The molecular formula is C12H18O4. The SMILES string of the molecule is COCc1cc(COC)c(O)c(C(C)O)c1. The van der Waals surface area contributed by atoms with Gasteiger partial charge in [0.25, 0.3) is 0 Å². The summed E-state index contributed by atoms with van der Waals surface area (Å²) in [5.41, 5.74) is 2.07. The fourth-order valence-electron chi connectivity index (χ4n) is 1.62. The van der Waals surface area contributed by atoms with Gasteiger partial charge in [-0.1, -0.05) is 0 Å². The van der Waals surface area contributed by atoms with Crippen molar-refractivity contribution in [3.05, 3.63) is 28.8 Å². The molecule has 0 saturated carbocycles. The zero-order valence-electron chi connectivity index (χ0n) is 9.86. The Morgan fingerprint density at radius 2 is 1.81 bits per heavy atom. The van der Waals surface area contributed by atoms with Crippen molar-refractivity contribution in [3.63, 3.8) is 0 Å². The second kappa shape index (κ2) is 5.84. The largest absolute Gasteiger partial charge is 0.507 e. The molecule has 0 fully saturated rings. The average Bonchev–Trinajstić information content (AvgIpc) is 2.23. The smallest absolute Gasteiger partial charge is 0.126 e. The monoisotopic (exact) mass is 226 g/mol. The standard InChI is InChI=1S/C12H18O4/c1-8(13)11-5-9(6-15-2)4-10(7-16-3)12(11)14/h4-5,8,13-14H,6-7H2,1-3H3. The number of benzene rings is 1. The topological polar surface area (TPSA) is 58.9 Å². The molecule has 0 spiro atoms. The summed E-state index contributed by atoms with van der Waals surface area (Å²) < 4.78 is 10.0. The van der Waals surface area contributed by atoms with Crippen molar-refractivity contribution in [1.29, 1.82) is 0 Å². The maximum absolute atomic E-state index is 9.90. The van der Waals surface area contributed by atoms with Crippen LogP contribution in [0.1, 0.15) is 29.7 Å². The van der Waals surface area contributed by atoms with Crippen molar-refractivity contribution in [2.24, 2.45) is 0 Å². The van der Waals surface area contributed by atoms with Gasteiger partial charge in [-0.15, -0.1) is 0 Å². The molecule has 1 atom stereocenters. The average molecular weight is 226 g/mol. The number of ether oxygens (including phenoxy) is 2. The predicted molar refractivity (Wildman–Crippen MR) is 60.2 cm³/mol. The Kier molecular flexibility index (Phi) is 4.73. The molecule has 0 bridgehead atoms. The van der Waals surface area contributed by atoms with Crippen LogP contribution in [0.15, 0.2) is 12.1 Å². The first-order chi connectivity index (χ1) is 7.60. The highest BCUT2D eigenvalue weighted by atomic mass is 16.5. The number of aliphatic hydroxyl groups is 1. The first-order valence-electron chi connectivity index (χ1n) is 5.10. The third-order valence-electron chi connectivity index (χ3n) is 2.34. The number of methoxy groups -OCH3 is 2. The van der Waals surface area contributed by atoms with Gasteiger partial charge in [0, 0.05) is 25.3 Å². The summed E-state index contributed by atoms with van der Waals surface area (Å²) >= 11 is 0. The summed E-state index contributed by atoms with van der Waals surface area (Å²) in [5, 5.41) is 19.5. The molecule has 0 heterocycles. The van der Waals surface area contributed by atoms with Gasteiger partial charge in [-0.25, -0.2) is 0 Å². The highest BCUT2D eigenvalue weighted by Crippen LogP contribution is 2.30. The summed E-state index contributed by atoms with van der Waals surface area (Å²) in [6.45, 7) is 2.36. The minimum absolute atomic E-state index is 0.0942. The van der Waals surface area contributed by atoms with E-state index in [-0.39, 0.29) is 5.75 Å². The van der Waals surface area contributed by atoms with Crippen LogP contribution in [-0.4, -0.2) is 24.4 Å². The molecule has 0 aliphatic rings. The number of phenols is 1. The van der Waals surface area contributed by atoms with Crippen LogP contribution in [0, 0.1) is 0 Å². The molecule has 2 N–H and O–H groups in total. The van der Waals surface area contributed by atoms with Crippen LogP contribution in [0.5, 0.6) is 5.75 Å². The van der Waals surface area contributed by atoms with E-state index >= 15 is 0 Å². The van der Waals surface area contributed by atoms with E-state index in [9.17, 15) is 10.2 Å². The minimum atomic E-state index is -0.715. The van der Waals surface area contributed by atoms with Gasteiger partial charge in [0.05, 0.1) is 19.3 Å². The van der Waals surface area contributed by atoms with Crippen molar-refractivity contribution in [3.8, 4) is 5.75 Å². The number of hydrogen-bond donors (Lipinski definition) is 2. The van der Waals surface area contributed by atoms with Crippen LogP contribution < -0.4 is 0 Å². The van der Waals surface area contributed by atoms with Crippen molar-refractivity contribution in [2.45, 2.75) is 26.2 Å². The third-order valence-corrected chi connectivity index (χ3v) is 2.34. The van der Waals surface area contributed by atoms with Gasteiger partial charge in [-0.2, -0.15) is 0 Å². The Bertz CT molecular complexity index is 347. The second-order valence-corrected chi connectivity index (χ2v) is 3.73. The molecule has 0 saturated heterocycles. The van der Waals surface area contributed by atoms with Crippen LogP contribution in [0.25, 0.3) is 0 Å². The van der Waals surface area contributed by atoms with Crippen molar-refractivity contribution in [1.82, 2.24) is 0 Å². The molecule has 0 aliphatic carbocycles. The van der Waals surface area contributed by atoms with Gasteiger partial charge in [0.1, 0.15) is 5.75 Å². The Morgan fingerprint density at radius 3 is 2.31 bits per heavy atom. The number of hydrogen-bond acceptors (Lipinski definition) is 4. The first kappa shape index (κ1) is 13.0. The van der Waals surface area contributed by atoms with E-state index in [1.165, 1.54) is 0 Å². The Hall–Kier alpha value is -1.10. The van der Waals surface area contributed by atoms with Gasteiger partial charge in [-0.05, 0) is 24.6 Å². The number of phenolic OH excluding ortho intramolecular Hbond substituents is 1. The van der Waals surface area contributed by atoms with Gasteiger partial charge in [0.2, 0.25) is 0 Å². The minimum Gasteiger partial charge on any atom is -0.507 e. The van der Waals surface area contributed by atoms with Crippen LogP contribution in [0.3, 0.4) is 0 Å². The lowest BCUT2D eigenvalue weighted by Gasteiger charge is -2.14. The Balaban J connectivity index is 3.16. The number of rotatable bonds is 5. The quantitative estimate of drug-likeness (QED) is 0.803. The maximum Gasteiger partial charge on any atom is 0.126 e. The molecule has 1 unspecified atom stereocenters. The van der Waals surface area contributed by atoms with Gasteiger partial charge in [-0.3, -0.25) is 0 Å². The molecule has 0 radical (unpaired) electrons. The van der Waals surface area contributed by atoms with Gasteiger partial charge in [0.15, 0.2) is 0 Å². The molecule has 1 aromatic carbocycles. The van der Waals surface area contributed by atoms with E-state index in [0.717, 1.165) is 5.56 Å². The summed E-state index contributed by atoms with van der Waals surface area (Å²) in [7, 11) is 3.16. The van der Waals surface area contributed by atoms with E-state index in [1.54, 1.807) is 27.2 Å². The number of aliphatic hydroxyl groups excluding tert-OH is 1. The zero-order valence-corrected chi connectivity index (χ0v) is 9.86. The Morgan fingerprint density at radius 1 is 1.19 bits per heavy atom. The van der Waals surface area contributed by atoms with Crippen LogP contribution in [-0.2, 0) is 22.7 Å². The molecule has 90 valence electrons. The highest BCUT2D eigenvalue weighted by Gasteiger charge is 2.13. The third kappa shape index (κ3) is 2.95. The van der Waals surface area contributed by atoms with Gasteiger partial charge >= 0.3 is 0 Å².